The quantitative estimate of drug-likeness (QED) is 0.755. The van der Waals surface area contributed by atoms with Crippen LogP contribution in [0.1, 0.15) is 36.5 Å². The van der Waals surface area contributed by atoms with Crippen molar-refractivity contribution in [1.29, 1.82) is 0 Å². The molecular weight excluding hydrogens is 330 g/mol. The van der Waals surface area contributed by atoms with Crippen LogP contribution in [-0.4, -0.2) is 44.9 Å². The van der Waals surface area contributed by atoms with Gasteiger partial charge < -0.3 is 19.6 Å². The molecule has 1 aliphatic heterocycles. The second-order valence-corrected chi connectivity index (χ2v) is 7.76. The van der Waals surface area contributed by atoms with Crippen LogP contribution in [-0.2, 0) is 0 Å². The highest BCUT2D eigenvalue weighted by Crippen LogP contribution is 2.31. The van der Waals surface area contributed by atoms with Crippen molar-refractivity contribution in [2.24, 2.45) is 5.41 Å². The van der Waals surface area contributed by atoms with Gasteiger partial charge in [-0.25, -0.2) is 4.98 Å². The zero-order chi connectivity index (χ0) is 18.3. The van der Waals surface area contributed by atoms with Crippen molar-refractivity contribution >= 4 is 23.0 Å². The number of oxazole rings is 1. The van der Waals surface area contributed by atoms with Crippen LogP contribution in [0.5, 0.6) is 0 Å². The summed E-state index contributed by atoms with van der Waals surface area (Å²) < 4.78 is 5.78. The maximum atomic E-state index is 12.9. The minimum Gasteiger partial charge on any atom is -0.424 e. The van der Waals surface area contributed by atoms with E-state index in [9.17, 15) is 4.79 Å². The van der Waals surface area contributed by atoms with Gasteiger partial charge in [0.1, 0.15) is 11.2 Å². The number of benzene rings is 1. The maximum absolute atomic E-state index is 12.9. The van der Waals surface area contributed by atoms with Crippen molar-refractivity contribution in [3.63, 3.8) is 0 Å². The smallest absolute Gasteiger partial charge is 0.295 e. The topological polar surface area (TPSA) is 87.0 Å². The Morgan fingerprint density at radius 1 is 1.38 bits per heavy atom. The molecule has 1 aliphatic rings. The SMILES string of the molecule is Cc1[nH]cnc1C(=O)N1CC(Nc2nc3ccccc3o2)CC(C)(C)C1. The van der Waals surface area contributed by atoms with Gasteiger partial charge in [-0.3, -0.25) is 4.79 Å². The van der Waals surface area contributed by atoms with E-state index >= 15 is 0 Å². The molecule has 2 aromatic heterocycles. The van der Waals surface area contributed by atoms with Crippen LogP contribution >= 0.6 is 0 Å². The number of nitrogens with zero attached hydrogens (tertiary/aromatic N) is 3. The molecule has 0 aliphatic carbocycles. The fraction of sp³-hybridized carbons (Fsp3) is 0.421. The van der Waals surface area contributed by atoms with Gasteiger partial charge in [0.15, 0.2) is 5.58 Å². The molecule has 0 spiro atoms. The number of carbonyl (C=O) groups excluding carboxylic acids is 1. The first-order valence-corrected chi connectivity index (χ1v) is 8.83. The van der Waals surface area contributed by atoms with E-state index in [1.165, 1.54) is 0 Å². The van der Waals surface area contributed by atoms with E-state index in [-0.39, 0.29) is 17.4 Å². The largest absolute Gasteiger partial charge is 0.424 e. The lowest BCUT2D eigenvalue weighted by Gasteiger charge is -2.42. The Morgan fingerprint density at radius 2 is 2.19 bits per heavy atom. The van der Waals surface area contributed by atoms with Gasteiger partial charge in [0.2, 0.25) is 0 Å². The van der Waals surface area contributed by atoms with Gasteiger partial charge in [-0.1, -0.05) is 26.0 Å². The van der Waals surface area contributed by atoms with Gasteiger partial charge in [-0.2, -0.15) is 4.98 Å². The van der Waals surface area contributed by atoms with Gasteiger partial charge in [-0.05, 0) is 30.9 Å². The molecule has 3 heterocycles. The fourth-order valence-corrected chi connectivity index (χ4v) is 3.73. The van der Waals surface area contributed by atoms with Crippen molar-refractivity contribution in [2.75, 3.05) is 18.4 Å². The summed E-state index contributed by atoms with van der Waals surface area (Å²) in [5.41, 5.74) is 2.85. The number of rotatable bonds is 3. The number of anilines is 1. The summed E-state index contributed by atoms with van der Waals surface area (Å²) in [4.78, 5) is 26.4. The van der Waals surface area contributed by atoms with E-state index in [4.69, 9.17) is 4.42 Å². The molecule has 2 N–H and O–H groups in total. The number of aromatic amines is 1. The molecule has 1 unspecified atom stereocenters. The average molecular weight is 353 g/mol. The predicted molar refractivity (Wildman–Crippen MR) is 99.0 cm³/mol. The lowest BCUT2D eigenvalue weighted by Crippen LogP contribution is -2.52. The molecule has 0 bridgehead atoms. The van der Waals surface area contributed by atoms with E-state index in [1.807, 2.05) is 36.1 Å². The summed E-state index contributed by atoms with van der Waals surface area (Å²) in [6.07, 6.45) is 2.49. The van der Waals surface area contributed by atoms with Gasteiger partial charge in [0, 0.05) is 24.8 Å². The Bertz CT molecular complexity index is 909. The van der Waals surface area contributed by atoms with E-state index in [0.29, 0.717) is 24.8 Å². The molecule has 0 saturated carbocycles. The molecule has 7 heteroatoms. The number of amides is 1. The van der Waals surface area contributed by atoms with Gasteiger partial charge >= 0.3 is 0 Å². The molecule has 1 amide bonds. The molecule has 0 radical (unpaired) electrons. The average Bonchev–Trinajstić information content (AvgIpc) is 3.17. The molecule has 1 saturated heterocycles. The van der Waals surface area contributed by atoms with Crippen molar-refractivity contribution in [3.8, 4) is 0 Å². The third-order valence-electron chi connectivity index (χ3n) is 4.80. The third-order valence-corrected chi connectivity index (χ3v) is 4.80. The lowest BCUT2D eigenvalue weighted by atomic mass is 9.81. The van der Waals surface area contributed by atoms with E-state index in [0.717, 1.165) is 23.2 Å². The number of fused-ring (bicyclic) bond motifs is 1. The molecule has 136 valence electrons. The standard InChI is InChI=1S/C19H23N5O2/c1-12-16(21-11-20-12)17(25)24-9-13(8-19(2,3)10-24)22-18-23-14-6-4-5-7-15(14)26-18/h4-7,11,13H,8-10H2,1-3H3,(H,20,21)(H,22,23). The number of hydrogen-bond acceptors (Lipinski definition) is 5. The second kappa shape index (κ2) is 6.16. The van der Waals surface area contributed by atoms with Crippen molar-refractivity contribution < 1.29 is 9.21 Å². The van der Waals surface area contributed by atoms with Crippen LogP contribution in [0, 0.1) is 12.3 Å². The van der Waals surface area contributed by atoms with Crippen LogP contribution in [0.25, 0.3) is 11.1 Å². The molecule has 4 rings (SSSR count). The number of aryl methyl sites for hydroxylation is 1. The Morgan fingerprint density at radius 3 is 2.92 bits per heavy atom. The van der Waals surface area contributed by atoms with Gasteiger partial charge in [0.05, 0.1) is 6.33 Å². The summed E-state index contributed by atoms with van der Waals surface area (Å²) >= 11 is 0. The van der Waals surface area contributed by atoms with Crippen LogP contribution in [0.15, 0.2) is 35.0 Å². The molecule has 3 aromatic rings. The number of nitrogens with one attached hydrogen (secondary N) is 2. The molecule has 26 heavy (non-hydrogen) atoms. The number of likely N-dealkylation sites (tertiary alicyclic amines) is 1. The van der Waals surface area contributed by atoms with Crippen molar-refractivity contribution in [2.45, 2.75) is 33.2 Å². The number of imidazole rings is 1. The monoisotopic (exact) mass is 353 g/mol. The van der Waals surface area contributed by atoms with Crippen LogP contribution < -0.4 is 5.32 Å². The van der Waals surface area contributed by atoms with Gasteiger partial charge in [-0.15, -0.1) is 0 Å². The Hall–Kier alpha value is -2.83. The zero-order valence-corrected chi connectivity index (χ0v) is 15.2. The molecule has 1 fully saturated rings. The first-order chi connectivity index (χ1) is 12.4. The third kappa shape index (κ3) is 3.16. The maximum Gasteiger partial charge on any atom is 0.295 e. The van der Waals surface area contributed by atoms with Crippen molar-refractivity contribution in [3.05, 3.63) is 42.0 Å². The van der Waals surface area contributed by atoms with Crippen LogP contribution in [0.3, 0.4) is 0 Å². The minimum atomic E-state index is -0.0408. The summed E-state index contributed by atoms with van der Waals surface area (Å²) in [5.74, 6) is -0.0408. The molecule has 1 atom stereocenters. The molecule has 7 nitrogen and oxygen atoms in total. The summed E-state index contributed by atoms with van der Waals surface area (Å²) in [6, 6.07) is 8.24. The first kappa shape index (κ1) is 16.6. The highest BCUT2D eigenvalue weighted by molar-refractivity contribution is 5.93. The highest BCUT2D eigenvalue weighted by atomic mass is 16.4. The number of hydrogen-bond donors (Lipinski definition) is 2. The van der Waals surface area contributed by atoms with Crippen molar-refractivity contribution in [1.82, 2.24) is 19.9 Å². The summed E-state index contributed by atoms with van der Waals surface area (Å²) in [5, 5.41) is 3.37. The molecule has 1 aromatic carbocycles. The first-order valence-electron chi connectivity index (χ1n) is 8.83. The zero-order valence-electron chi connectivity index (χ0n) is 15.2. The minimum absolute atomic E-state index is 0.0121. The number of piperidine rings is 1. The Labute approximate surface area is 151 Å². The van der Waals surface area contributed by atoms with E-state index < -0.39 is 0 Å². The van der Waals surface area contributed by atoms with Crippen LogP contribution in [0.4, 0.5) is 6.01 Å². The summed E-state index contributed by atoms with van der Waals surface area (Å²) in [7, 11) is 0. The normalized spacial score (nSPS) is 19.7. The fourth-order valence-electron chi connectivity index (χ4n) is 3.73. The number of carbonyl (C=O) groups is 1. The van der Waals surface area contributed by atoms with Gasteiger partial charge in [0.25, 0.3) is 11.9 Å². The molecular formula is C19H23N5O2. The second-order valence-electron chi connectivity index (χ2n) is 7.76. The number of para-hydroxylation sites is 2. The van der Waals surface area contributed by atoms with Crippen LogP contribution in [0.2, 0.25) is 0 Å². The van der Waals surface area contributed by atoms with E-state index in [1.54, 1.807) is 6.33 Å². The highest BCUT2D eigenvalue weighted by Gasteiger charge is 2.36. The number of aromatic nitrogens is 3. The summed E-state index contributed by atoms with van der Waals surface area (Å²) in [6.45, 7) is 7.50. The van der Waals surface area contributed by atoms with E-state index in [2.05, 4.69) is 34.1 Å². The Balaban J connectivity index is 1.54. The Kier molecular flexibility index (Phi) is 3.94. The lowest BCUT2D eigenvalue weighted by molar-refractivity contribution is 0.0552. The number of H-pyrrole nitrogens is 1. The predicted octanol–water partition coefficient (Wildman–Crippen LogP) is 3.21.